The molecule has 0 saturated heterocycles. The Morgan fingerprint density at radius 1 is 0.540 bits per heavy atom. The molecule has 1 unspecified atom stereocenters. The van der Waals surface area contributed by atoms with Crippen LogP contribution in [0.3, 0.4) is 0 Å². The van der Waals surface area contributed by atoms with Crippen LogP contribution >= 0.6 is 0 Å². The molecule has 0 amide bonds. The van der Waals surface area contributed by atoms with E-state index in [4.69, 9.17) is 19.7 Å². The fraction of sp³-hybridized carbons (Fsp3) is 0.0625. The number of hydrogen-bond acceptors (Lipinski definition) is 6. The molecule has 50 heavy (non-hydrogen) atoms. The van der Waals surface area contributed by atoms with E-state index in [0.29, 0.717) is 42.5 Å². The number of halogens is 8. The molecule has 0 bridgehead atoms. The van der Waals surface area contributed by atoms with Gasteiger partial charge in [-0.25, -0.2) is 28.0 Å². The third-order valence-corrected chi connectivity index (χ3v) is 7.03. The number of aromatic carboxylic acids is 4. The first-order valence-corrected chi connectivity index (χ1v) is 13.2. The monoisotopic (exact) mass is 712 g/mol. The van der Waals surface area contributed by atoms with Gasteiger partial charge >= 0.3 is 36.1 Å². The van der Waals surface area contributed by atoms with Crippen molar-refractivity contribution in [1.29, 1.82) is 0 Å². The highest BCUT2D eigenvalue weighted by atomic mass is 19.4. The molecule has 4 N–H and O–H groups in total. The fourth-order valence-corrected chi connectivity index (χ4v) is 4.82. The van der Waals surface area contributed by atoms with Gasteiger partial charge in [0.2, 0.25) is 5.82 Å². The Hall–Kier alpha value is -6.46. The van der Waals surface area contributed by atoms with Crippen LogP contribution < -0.4 is 9.47 Å². The van der Waals surface area contributed by atoms with Crippen LogP contribution in [-0.2, 0) is 5.41 Å². The number of allylic oxidation sites excluding steroid dienone is 1. The summed E-state index contributed by atoms with van der Waals surface area (Å²) in [6.07, 6.45) is -9.70. The standard InChI is InChI=1S/C32H16F8O10/c33-23-21(9-10-22(24(23)34)50-16-6-8-18(28(43)44)20(12-16)30(47)48)31(32(38,39)40,25(35)26(36)37)13-1-3-14(4-2-13)49-15-5-7-17(27(41)42)19(11-15)29(45)46/h1-12H,(H,41,42)(H,43,44)(H,45,46)(H,47,48). The maximum absolute atomic E-state index is 15.6. The van der Waals surface area contributed by atoms with Crippen LogP contribution in [0.25, 0.3) is 0 Å². The van der Waals surface area contributed by atoms with Crippen molar-refractivity contribution >= 4 is 23.9 Å². The summed E-state index contributed by atoms with van der Waals surface area (Å²) in [5.74, 6) is -17.4. The second kappa shape index (κ2) is 13.6. The normalized spacial score (nSPS) is 12.4. The molecular formula is C32H16F8O10. The maximum Gasteiger partial charge on any atom is 0.408 e. The van der Waals surface area contributed by atoms with Crippen LogP contribution in [-0.4, -0.2) is 50.5 Å². The molecule has 0 spiro atoms. The van der Waals surface area contributed by atoms with E-state index in [-0.39, 0.29) is 11.8 Å². The van der Waals surface area contributed by atoms with Crippen molar-refractivity contribution in [2.45, 2.75) is 11.6 Å². The number of ether oxygens (including phenoxy) is 2. The molecule has 0 saturated carbocycles. The van der Waals surface area contributed by atoms with Crippen LogP contribution in [0.15, 0.2) is 84.7 Å². The average molecular weight is 712 g/mol. The first-order valence-electron chi connectivity index (χ1n) is 13.2. The summed E-state index contributed by atoms with van der Waals surface area (Å²) >= 11 is 0. The molecule has 10 nitrogen and oxygen atoms in total. The van der Waals surface area contributed by atoms with Gasteiger partial charge in [-0.15, -0.1) is 0 Å². The Kier molecular flexibility index (Phi) is 9.88. The number of benzene rings is 4. The van der Waals surface area contributed by atoms with Crippen LogP contribution in [0.4, 0.5) is 35.1 Å². The minimum Gasteiger partial charge on any atom is -0.478 e. The number of carbonyl (C=O) groups is 4. The van der Waals surface area contributed by atoms with Gasteiger partial charge in [-0.3, -0.25) is 0 Å². The van der Waals surface area contributed by atoms with Crippen molar-refractivity contribution in [3.63, 3.8) is 0 Å². The minimum absolute atomic E-state index is 0.0926. The van der Waals surface area contributed by atoms with Gasteiger partial charge < -0.3 is 29.9 Å². The predicted molar refractivity (Wildman–Crippen MR) is 151 cm³/mol. The van der Waals surface area contributed by atoms with Crippen LogP contribution in [0.1, 0.15) is 52.6 Å². The zero-order valence-electron chi connectivity index (χ0n) is 24.2. The number of carboxylic acid groups (broad SMARTS) is 4. The summed E-state index contributed by atoms with van der Waals surface area (Å²) in [5.41, 5.74) is -11.1. The van der Waals surface area contributed by atoms with Crippen molar-refractivity contribution < 1.29 is 84.2 Å². The smallest absolute Gasteiger partial charge is 0.408 e. The van der Waals surface area contributed by atoms with Crippen molar-refractivity contribution in [1.82, 2.24) is 0 Å². The third kappa shape index (κ3) is 6.62. The lowest BCUT2D eigenvalue weighted by Gasteiger charge is -2.35. The molecule has 4 aromatic carbocycles. The van der Waals surface area contributed by atoms with E-state index in [1.165, 1.54) is 0 Å². The molecule has 1 atom stereocenters. The molecule has 0 heterocycles. The third-order valence-electron chi connectivity index (χ3n) is 7.03. The highest BCUT2D eigenvalue weighted by Crippen LogP contribution is 2.54. The van der Waals surface area contributed by atoms with Gasteiger partial charge in [0.15, 0.2) is 22.8 Å². The second-order valence-electron chi connectivity index (χ2n) is 9.93. The van der Waals surface area contributed by atoms with E-state index in [1.54, 1.807) is 0 Å². The van der Waals surface area contributed by atoms with Gasteiger partial charge in [-0.2, -0.15) is 26.3 Å². The quantitative estimate of drug-likeness (QED) is 0.111. The number of carboxylic acids is 4. The number of hydrogen-bond donors (Lipinski definition) is 4. The molecule has 0 aliphatic rings. The second-order valence-corrected chi connectivity index (χ2v) is 9.93. The molecule has 0 aliphatic carbocycles. The van der Waals surface area contributed by atoms with Gasteiger partial charge in [0.1, 0.15) is 17.2 Å². The first kappa shape index (κ1) is 36.4. The largest absolute Gasteiger partial charge is 0.478 e. The van der Waals surface area contributed by atoms with Crippen LogP contribution in [0, 0.1) is 11.6 Å². The molecule has 0 aromatic heterocycles. The van der Waals surface area contributed by atoms with Crippen molar-refractivity contribution in [2.75, 3.05) is 0 Å². The highest BCUT2D eigenvalue weighted by molar-refractivity contribution is 6.02. The minimum atomic E-state index is -6.15. The van der Waals surface area contributed by atoms with E-state index >= 15 is 13.2 Å². The highest BCUT2D eigenvalue weighted by Gasteiger charge is 2.63. The van der Waals surface area contributed by atoms with Crippen molar-refractivity contribution in [2.24, 2.45) is 0 Å². The lowest BCUT2D eigenvalue weighted by molar-refractivity contribution is -0.173. The fourth-order valence-electron chi connectivity index (χ4n) is 4.82. The average Bonchev–Trinajstić information content (AvgIpc) is 3.04. The number of rotatable bonds is 11. The molecule has 18 heteroatoms. The van der Waals surface area contributed by atoms with E-state index in [0.717, 1.165) is 24.3 Å². The molecule has 0 fully saturated rings. The van der Waals surface area contributed by atoms with E-state index in [1.807, 2.05) is 0 Å². The van der Waals surface area contributed by atoms with E-state index in [9.17, 15) is 51.3 Å². The van der Waals surface area contributed by atoms with Gasteiger partial charge in [-0.1, -0.05) is 18.2 Å². The Balaban J connectivity index is 1.83. The van der Waals surface area contributed by atoms with Crippen molar-refractivity contribution in [3.05, 3.63) is 130 Å². The Labute approximate surface area is 272 Å². The summed E-state index contributed by atoms with van der Waals surface area (Å²) in [5, 5.41) is 36.8. The predicted octanol–water partition coefficient (Wildman–Crippen LogP) is 8.27. The zero-order valence-corrected chi connectivity index (χ0v) is 24.2. The van der Waals surface area contributed by atoms with Gasteiger partial charge in [0.05, 0.1) is 22.3 Å². The lowest BCUT2D eigenvalue weighted by atomic mass is 9.72. The van der Waals surface area contributed by atoms with Gasteiger partial charge in [0, 0.05) is 5.56 Å². The molecule has 0 radical (unpaired) electrons. The Morgan fingerprint density at radius 3 is 1.40 bits per heavy atom. The van der Waals surface area contributed by atoms with Crippen LogP contribution in [0.2, 0.25) is 0 Å². The Morgan fingerprint density at radius 2 is 0.980 bits per heavy atom. The summed E-state index contributed by atoms with van der Waals surface area (Å²) in [6, 6.07) is 7.16. The van der Waals surface area contributed by atoms with Crippen molar-refractivity contribution in [3.8, 4) is 23.0 Å². The summed E-state index contributed by atoms with van der Waals surface area (Å²) in [6.45, 7) is 0. The molecule has 0 aliphatic heterocycles. The molecule has 260 valence electrons. The molecule has 4 aromatic rings. The molecular weight excluding hydrogens is 696 g/mol. The maximum atomic E-state index is 15.6. The zero-order chi connectivity index (χ0) is 37.3. The summed E-state index contributed by atoms with van der Waals surface area (Å²) in [4.78, 5) is 45.4. The first-order chi connectivity index (χ1) is 23.3. The lowest BCUT2D eigenvalue weighted by Crippen LogP contribution is -2.45. The topological polar surface area (TPSA) is 168 Å². The SMILES string of the molecule is O=C(O)c1ccc(Oc2ccc(C(C(F)=C(F)F)(c3ccc(Oc4ccc(C(=O)O)c(C(=O)O)c4)c(F)c3F)C(F)(F)F)cc2)cc1C(=O)O. The summed E-state index contributed by atoms with van der Waals surface area (Å²) < 4.78 is 128. The number of alkyl halides is 3. The molecule has 4 rings (SSSR count). The van der Waals surface area contributed by atoms with Crippen LogP contribution in [0.5, 0.6) is 23.0 Å². The van der Waals surface area contributed by atoms with Gasteiger partial charge in [-0.05, 0) is 60.2 Å². The van der Waals surface area contributed by atoms with Gasteiger partial charge in [0.25, 0.3) is 0 Å². The van der Waals surface area contributed by atoms with E-state index in [2.05, 4.69) is 0 Å². The Bertz CT molecular complexity index is 2070. The summed E-state index contributed by atoms with van der Waals surface area (Å²) in [7, 11) is 0. The van der Waals surface area contributed by atoms with E-state index < -0.39 is 110 Å².